The van der Waals surface area contributed by atoms with Gasteiger partial charge in [-0.2, -0.15) is 0 Å². The van der Waals surface area contributed by atoms with E-state index in [9.17, 15) is 15.3 Å². The second-order valence-electron chi connectivity index (χ2n) is 4.76. The van der Waals surface area contributed by atoms with Gasteiger partial charge in [-0.3, -0.25) is 0 Å². The quantitative estimate of drug-likeness (QED) is 0.459. The normalized spacial score (nSPS) is 12.1. The first kappa shape index (κ1) is 15.0. The predicted octanol–water partition coefficient (Wildman–Crippen LogP) is 1.11. The molecule has 0 aliphatic carbocycles. The summed E-state index contributed by atoms with van der Waals surface area (Å²) in [7, 11) is 0. The molecular weight excluding hydrogens is 272 g/mol. The first-order valence-electron chi connectivity index (χ1n) is 6.45. The summed E-state index contributed by atoms with van der Waals surface area (Å²) in [5, 5.41) is 40.4. The molecule has 0 radical (unpaired) electrons. The molecule has 0 bridgehead atoms. The zero-order chi connectivity index (χ0) is 15.4. The van der Waals surface area contributed by atoms with Crippen LogP contribution in [0.1, 0.15) is 0 Å². The fourth-order valence-corrected chi connectivity index (χ4v) is 2.00. The van der Waals surface area contributed by atoms with Gasteiger partial charge < -0.3 is 31.5 Å². The van der Waals surface area contributed by atoms with Crippen molar-refractivity contribution in [3.8, 4) is 22.6 Å². The molecule has 0 heterocycles. The Labute approximate surface area is 122 Å². The molecule has 0 aliphatic heterocycles. The van der Waals surface area contributed by atoms with Crippen molar-refractivity contribution in [1.82, 2.24) is 0 Å². The van der Waals surface area contributed by atoms with E-state index < -0.39 is 6.10 Å². The van der Waals surface area contributed by atoms with Gasteiger partial charge in [0.25, 0.3) is 0 Å². The van der Waals surface area contributed by atoms with Crippen molar-refractivity contribution < 1.29 is 20.4 Å². The number of aliphatic hydroxyl groups is 2. The van der Waals surface area contributed by atoms with Gasteiger partial charge in [-0.1, -0.05) is 0 Å². The van der Waals surface area contributed by atoms with Crippen molar-refractivity contribution in [3.05, 3.63) is 36.4 Å². The summed E-state index contributed by atoms with van der Waals surface area (Å²) in [6, 6.07) is 9.36. The number of aromatic hydroxyl groups is 2. The molecule has 7 N–H and O–H groups in total. The van der Waals surface area contributed by atoms with Crippen LogP contribution in [0.5, 0.6) is 11.5 Å². The lowest BCUT2D eigenvalue weighted by atomic mass is 10.0. The average molecular weight is 290 g/mol. The maximum atomic E-state index is 9.59. The number of benzene rings is 2. The van der Waals surface area contributed by atoms with Crippen molar-refractivity contribution >= 4 is 11.4 Å². The van der Waals surface area contributed by atoms with E-state index in [0.717, 1.165) is 0 Å². The number of nitrogen functional groups attached to an aromatic ring is 1. The number of phenolic OH excluding ortho intramolecular Hbond substituents is 2. The van der Waals surface area contributed by atoms with E-state index >= 15 is 0 Å². The number of nitrogens with one attached hydrogen (secondary N) is 1. The molecule has 6 nitrogen and oxygen atoms in total. The minimum atomic E-state index is -0.881. The third kappa shape index (κ3) is 3.77. The summed E-state index contributed by atoms with van der Waals surface area (Å²) in [5.74, 6) is -0.123. The van der Waals surface area contributed by atoms with Crippen LogP contribution in [-0.4, -0.2) is 39.7 Å². The van der Waals surface area contributed by atoms with E-state index in [0.29, 0.717) is 22.5 Å². The molecule has 0 amide bonds. The van der Waals surface area contributed by atoms with Crippen LogP contribution in [-0.2, 0) is 0 Å². The van der Waals surface area contributed by atoms with E-state index in [4.69, 9.17) is 10.8 Å². The number of rotatable bonds is 5. The Morgan fingerprint density at radius 2 is 1.71 bits per heavy atom. The molecule has 6 heteroatoms. The van der Waals surface area contributed by atoms with Gasteiger partial charge in [-0.25, -0.2) is 0 Å². The molecule has 0 aliphatic rings. The van der Waals surface area contributed by atoms with E-state index in [1.807, 2.05) is 0 Å². The van der Waals surface area contributed by atoms with Crippen LogP contribution < -0.4 is 11.1 Å². The molecule has 2 aromatic carbocycles. The van der Waals surface area contributed by atoms with E-state index in [-0.39, 0.29) is 24.7 Å². The molecule has 0 aromatic heterocycles. The third-order valence-electron chi connectivity index (χ3n) is 3.00. The van der Waals surface area contributed by atoms with Crippen molar-refractivity contribution in [3.63, 3.8) is 0 Å². The number of anilines is 2. The van der Waals surface area contributed by atoms with Gasteiger partial charge in [0.15, 0.2) is 0 Å². The van der Waals surface area contributed by atoms with Crippen LogP contribution in [0, 0.1) is 0 Å². The maximum absolute atomic E-state index is 9.59. The van der Waals surface area contributed by atoms with Gasteiger partial charge in [0.1, 0.15) is 11.5 Å². The average Bonchev–Trinajstić information content (AvgIpc) is 2.44. The molecule has 0 saturated heterocycles. The van der Waals surface area contributed by atoms with Crippen LogP contribution in [0.25, 0.3) is 11.1 Å². The lowest BCUT2D eigenvalue weighted by Crippen LogP contribution is -2.23. The maximum Gasteiger partial charge on any atom is 0.119 e. The second kappa shape index (κ2) is 6.34. The highest BCUT2D eigenvalue weighted by Gasteiger charge is 2.10. The molecule has 0 fully saturated rings. The number of aliphatic hydroxyl groups excluding tert-OH is 2. The summed E-state index contributed by atoms with van der Waals surface area (Å²) in [5.41, 5.74) is 8.23. The number of phenols is 2. The summed E-state index contributed by atoms with van der Waals surface area (Å²) in [4.78, 5) is 0. The Morgan fingerprint density at radius 1 is 1.05 bits per heavy atom. The van der Waals surface area contributed by atoms with Crippen molar-refractivity contribution in [2.45, 2.75) is 6.10 Å². The summed E-state index contributed by atoms with van der Waals surface area (Å²) in [6.45, 7) is -0.178. The lowest BCUT2D eigenvalue weighted by Gasteiger charge is -2.15. The molecule has 2 aromatic rings. The summed E-state index contributed by atoms with van der Waals surface area (Å²) in [6.07, 6.45) is -0.881. The molecule has 1 atom stereocenters. The molecule has 2 rings (SSSR count). The van der Waals surface area contributed by atoms with Crippen molar-refractivity contribution in [2.24, 2.45) is 0 Å². The molecule has 1 unspecified atom stereocenters. The zero-order valence-electron chi connectivity index (χ0n) is 11.3. The minimum absolute atomic E-state index is 0.0613. The van der Waals surface area contributed by atoms with Crippen molar-refractivity contribution in [2.75, 3.05) is 24.2 Å². The van der Waals surface area contributed by atoms with Gasteiger partial charge in [0.05, 0.1) is 12.7 Å². The number of nitrogens with two attached hydrogens (primary N) is 1. The summed E-state index contributed by atoms with van der Waals surface area (Å²) >= 11 is 0. The fourth-order valence-electron chi connectivity index (χ4n) is 2.00. The second-order valence-corrected chi connectivity index (χ2v) is 4.76. The molecule has 0 spiro atoms. The highest BCUT2D eigenvalue weighted by Crippen LogP contribution is 2.34. The Balaban J connectivity index is 2.38. The van der Waals surface area contributed by atoms with Gasteiger partial charge in [-0.15, -0.1) is 0 Å². The van der Waals surface area contributed by atoms with Gasteiger partial charge in [-0.05, 0) is 35.9 Å². The zero-order valence-corrected chi connectivity index (χ0v) is 11.3. The van der Waals surface area contributed by atoms with E-state index in [2.05, 4.69) is 5.32 Å². The fraction of sp³-hybridized carbons (Fsp3) is 0.200. The Kier molecular flexibility index (Phi) is 4.52. The van der Waals surface area contributed by atoms with Crippen LogP contribution in [0.2, 0.25) is 0 Å². The SMILES string of the molecule is Nc1ccc(NCC(O)CO)c(-c2cc(O)cc(O)c2)c1. The van der Waals surface area contributed by atoms with Crippen LogP contribution >= 0.6 is 0 Å². The Bertz CT molecular complexity index is 611. The largest absolute Gasteiger partial charge is 0.508 e. The molecule has 0 saturated carbocycles. The van der Waals surface area contributed by atoms with Crippen LogP contribution in [0.15, 0.2) is 36.4 Å². The number of hydrogen-bond donors (Lipinski definition) is 6. The van der Waals surface area contributed by atoms with Gasteiger partial charge in [0, 0.05) is 29.5 Å². The molecule has 112 valence electrons. The highest BCUT2D eigenvalue weighted by molar-refractivity contribution is 5.82. The van der Waals surface area contributed by atoms with E-state index in [1.54, 1.807) is 18.2 Å². The van der Waals surface area contributed by atoms with E-state index in [1.165, 1.54) is 18.2 Å². The highest BCUT2D eigenvalue weighted by atomic mass is 16.3. The monoisotopic (exact) mass is 290 g/mol. The minimum Gasteiger partial charge on any atom is -0.508 e. The Hall–Kier alpha value is -2.44. The third-order valence-corrected chi connectivity index (χ3v) is 3.00. The van der Waals surface area contributed by atoms with Gasteiger partial charge >= 0.3 is 0 Å². The molecule has 21 heavy (non-hydrogen) atoms. The van der Waals surface area contributed by atoms with Crippen molar-refractivity contribution in [1.29, 1.82) is 0 Å². The Morgan fingerprint density at radius 3 is 2.33 bits per heavy atom. The predicted molar refractivity (Wildman–Crippen MR) is 81.2 cm³/mol. The van der Waals surface area contributed by atoms with Crippen LogP contribution in [0.3, 0.4) is 0 Å². The lowest BCUT2D eigenvalue weighted by molar-refractivity contribution is 0.105. The van der Waals surface area contributed by atoms with Gasteiger partial charge in [0.2, 0.25) is 0 Å². The van der Waals surface area contributed by atoms with Crippen LogP contribution in [0.4, 0.5) is 11.4 Å². The topological polar surface area (TPSA) is 119 Å². The summed E-state index contributed by atoms with van der Waals surface area (Å²) < 4.78 is 0. The smallest absolute Gasteiger partial charge is 0.119 e. The molecular formula is C15H18N2O4. The first-order valence-corrected chi connectivity index (χ1v) is 6.45. The standard InChI is InChI=1S/C15H18N2O4/c16-10-1-2-15(17-7-13(21)8-18)14(5-10)9-3-11(19)6-12(20)4-9/h1-6,13,17-21H,7-8,16H2. The number of hydrogen-bond acceptors (Lipinski definition) is 6. The first-order chi connectivity index (χ1) is 9.99.